The van der Waals surface area contributed by atoms with E-state index < -0.39 is 5.97 Å². The van der Waals surface area contributed by atoms with Crippen molar-refractivity contribution in [2.24, 2.45) is 5.92 Å². The van der Waals surface area contributed by atoms with E-state index in [2.05, 4.69) is 41.1 Å². The van der Waals surface area contributed by atoms with Gasteiger partial charge in [-0.2, -0.15) is 0 Å². The van der Waals surface area contributed by atoms with Crippen molar-refractivity contribution in [3.05, 3.63) is 64.0 Å². The summed E-state index contributed by atoms with van der Waals surface area (Å²) in [6, 6.07) is 14.7. The fourth-order valence-electron chi connectivity index (χ4n) is 3.93. The fraction of sp³-hybridized carbons (Fsp3) is 0.333. The van der Waals surface area contributed by atoms with Crippen LogP contribution in [0.1, 0.15) is 34.2 Å². The summed E-state index contributed by atoms with van der Waals surface area (Å²) < 4.78 is 0. The van der Waals surface area contributed by atoms with Gasteiger partial charge in [-0.15, -0.1) is 11.3 Å². The molecule has 4 nitrogen and oxygen atoms in total. The smallest absolute Gasteiger partial charge is 0.307 e. The van der Waals surface area contributed by atoms with Gasteiger partial charge >= 0.3 is 5.97 Å². The van der Waals surface area contributed by atoms with Gasteiger partial charge in [0.25, 0.3) is 0 Å². The number of aromatic nitrogens is 1. The Bertz CT molecular complexity index is 931. The van der Waals surface area contributed by atoms with Crippen molar-refractivity contribution in [1.29, 1.82) is 0 Å². The zero-order valence-corrected chi connectivity index (χ0v) is 15.6. The molecule has 2 aromatic heterocycles. The van der Waals surface area contributed by atoms with Crippen molar-refractivity contribution in [3.8, 4) is 0 Å². The Morgan fingerprint density at radius 3 is 2.88 bits per heavy atom. The standard InChI is InChI=1S/C21H22N2O2S/c1-14-8-9-19(26-14)20(23-12-4-5-15(13-23)21(24)25)17-10-11-22-18-7-3-2-6-16(17)18/h2-3,6-11,15,20H,4-5,12-13H2,1H3,(H,24,25). The summed E-state index contributed by atoms with van der Waals surface area (Å²) in [5, 5.41) is 10.7. The first kappa shape index (κ1) is 17.2. The number of rotatable bonds is 4. The Hall–Kier alpha value is -2.24. The van der Waals surface area contributed by atoms with Gasteiger partial charge in [-0.05, 0) is 56.1 Å². The predicted octanol–water partition coefficient (Wildman–Crippen LogP) is 4.49. The first-order valence-corrected chi connectivity index (χ1v) is 9.82. The molecule has 0 aliphatic carbocycles. The van der Waals surface area contributed by atoms with Crippen LogP contribution in [-0.4, -0.2) is 34.0 Å². The Kier molecular flexibility index (Phi) is 4.74. The van der Waals surface area contributed by atoms with Crippen molar-refractivity contribution >= 4 is 28.2 Å². The lowest BCUT2D eigenvalue weighted by Crippen LogP contribution is -2.41. The molecular weight excluding hydrogens is 344 g/mol. The van der Waals surface area contributed by atoms with E-state index in [0.717, 1.165) is 30.3 Å². The molecule has 3 heterocycles. The molecule has 26 heavy (non-hydrogen) atoms. The Balaban J connectivity index is 1.82. The summed E-state index contributed by atoms with van der Waals surface area (Å²) in [4.78, 5) is 21.0. The minimum Gasteiger partial charge on any atom is -0.481 e. The average molecular weight is 366 g/mol. The maximum Gasteiger partial charge on any atom is 0.307 e. The molecule has 1 fully saturated rings. The Morgan fingerprint density at radius 2 is 2.12 bits per heavy atom. The Labute approximate surface area is 157 Å². The van der Waals surface area contributed by atoms with Gasteiger partial charge in [0.15, 0.2) is 0 Å². The van der Waals surface area contributed by atoms with Crippen LogP contribution in [0.15, 0.2) is 48.7 Å². The van der Waals surface area contributed by atoms with E-state index in [4.69, 9.17) is 0 Å². The van der Waals surface area contributed by atoms with Crippen LogP contribution in [0.5, 0.6) is 0 Å². The second kappa shape index (κ2) is 7.17. The molecule has 134 valence electrons. The zero-order valence-electron chi connectivity index (χ0n) is 14.8. The average Bonchev–Trinajstić information content (AvgIpc) is 3.08. The van der Waals surface area contributed by atoms with E-state index in [-0.39, 0.29) is 12.0 Å². The second-order valence-corrected chi connectivity index (χ2v) is 8.26. The number of carboxylic acids is 1. The number of carboxylic acid groups (broad SMARTS) is 1. The third-order valence-electron chi connectivity index (χ3n) is 5.18. The van der Waals surface area contributed by atoms with Crippen LogP contribution >= 0.6 is 11.3 Å². The highest BCUT2D eigenvalue weighted by Crippen LogP contribution is 2.38. The van der Waals surface area contributed by atoms with Crippen molar-refractivity contribution in [3.63, 3.8) is 0 Å². The lowest BCUT2D eigenvalue weighted by Gasteiger charge is -2.37. The minimum absolute atomic E-state index is 0.0729. The first-order chi connectivity index (χ1) is 12.6. The number of aryl methyl sites for hydroxylation is 1. The molecule has 1 aliphatic heterocycles. The summed E-state index contributed by atoms with van der Waals surface area (Å²) in [5.41, 5.74) is 2.19. The van der Waals surface area contributed by atoms with E-state index in [9.17, 15) is 9.90 Å². The maximum absolute atomic E-state index is 11.6. The normalized spacial score (nSPS) is 19.5. The number of benzene rings is 1. The zero-order chi connectivity index (χ0) is 18.1. The fourth-order valence-corrected chi connectivity index (χ4v) is 4.96. The van der Waals surface area contributed by atoms with Crippen LogP contribution in [-0.2, 0) is 4.79 Å². The molecule has 0 radical (unpaired) electrons. The van der Waals surface area contributed by atoms with E-state index >= 15 is 0 Å². The molecule has 3 aromatic rings. The minimum atomic E-state index is -0.685. The molecule has 5 heteroatoms. The lowest BCUT2D eigenvalue weighted by atomic mass is 9.93. The van der Waals surface area contributed by atoms with Crippen molar-refractivity contribution in [2.45, 2.75) is 25.8 Å². The van der Waals surface area contributed by atoms with Crippen molar-refractivity contribution in [1.82, 2.24) is 9.88 Å². The molecule has 4 rings (SSSR count). The molecule has 2 unspecified atom stereocenters. The molecule has 0 bridgehead atoms. The van der Waals surface area contributed by atoms with Crippen LogP contribution in [0, 0.1) is 12.8 Å². The number of nitrogens with zero attached hydrogens (tertiary/aromatic N) is 2. The SMILES string of the molecule is Cc1ccc(C(c2ccnc3ccccc23)N2CCCC(C(=O)O)C2)s1. The summed E-state index contributed by atoms with van der Waals surface area (Å²) in [5.74, 6) is -0.976. The van der Waals surface area contributed by atoms with Crippen molar-refractivity contribution < 1.29 is 9.90 Å². The number of carbonyl (C=O) groups is 1. The number of para-hydroxylation sites is 1. The number of hydrogen-bond donors (Lipinski definition) is 1. The Morgan fingerprint density at radius 1 is 1.27 bits per heavy atom. The molecule has 1 N–H and O–H groups in total. The highest BCUT2D eigenvalue weighted by molar-refractivity contribution is 7.12. The number of hydrogen-bond acceptors (Lipinski definition) is 4. The number of pyridine rings is 1. The summed E-state index contributed by atoms with van der Waals surface area (Å²) in [6.07, 6.45) is 3.55. The summed E-state index contributed by atoms with van der Waals surface area (Å²) >= 11 is 1.79. The van der Waals surface area contributed by atoms with Gasteiger partial charge < -0.3 is 5.11 Å². The first-order valence-electron chi connectivity index (χ1n) is 9.00. The number of aliphatic carboxylic acids is 1. The number of fused-ring (bicyclic) bond motifs is 1. The van der Waals surface area contributed by atoms with Crippen LogP contribution in [0.4, 0.5) is 0 Å². The number of thiophene rings is 1. The van der Waals surface area contributed by atoms with Gasteiger partial charge in [-0.25, -0.2) is 0 Å². The topological polar surface area (TPSA) is 53.4 Å². The van der Waals surface area contributed by atoms with E-state index in [0.29, 0.717) is 6.54 Å². The van der Waals surface area contributed by atoms with Gasteiger partial charge in [-0.3, -0.25) is 14.7 Å². The lowest BCUT2D eigenvalue weighted by molar-refractivity contribution is -0.143. The third-order valence-corrected chi connectivity index (χ3v) is 6.23. The highest BCUT2D eigenvalue weighted by Gasteiger charge is 2.32. The van der Waals surface area contributed by atoms with E-state index in [1.165, 1.54) is 15.3 Å². The number of likely N-dealkylation sites (tertiary alicyclic amines) is 1. The molecule has 1 saturated heterocycles. The monoisotopic (exact) mass is 366 g/mol. The predicted molar refractivity (Wildman–Crippen MR) is 105 cm³/mol. The molecular formula is C21H22N2O2S. The molecule has 0 spiro atoms. The highest BCUT2D eigenvalue weighted by atomic mass is 32.1. The molecule has 1 aliphatic rings. The molecule has 0 saturated carbocycles. The van der Waals surface area contributed by atoms with Gasteiger partial charge in [-0.1, -0.05) is 18.2 Å². The summed E-state index contributed by atoms with van der Waals surface area (Å²) in [7, 11) is 0. The van der Waals surface area contributed by atoms with Crippen LogP contribution < -0.4 is 0 Å². The molecule has 2 atom stereocenters. The van der Waals surface area contributed by atoms with Crippen molar-refractivity contribution in [2.75, 3.05) is 13.1 Å². The molecule has 0 amide bonds. The maximum atomic E-state index is 11.6. The second-order valence-electron chi connectivity index (χ2n) is 6.94. The van der Waals surface area contributed by atoms with Crippen LogP contribution in [0.2, 0.25) is 0 Å². The quantitative estimate of drug-likeness (QED) is 0.739. The third kappa shape index (κ3) is 3.24. The van der Waals surface area contributed by atoms with Gasteiger partial charge in [0.2, 0.25) is 0 Å². The van der Waals surface area contributed by atoms with E-state index in [1.807, 2.05) is 24.4 Å². The van der Waals surface area contributed by atoms with Gasteiger partial charge in [0.05, 0.1) is 17.5 Å². The molecule has 1 aromatic carbocycles. The van der Waals surface area contributed by atoms with Gasteiger partial charge in [0.1, 0.15) is 0 Å². The van der Waals surface area contributed by atoms with Crippen LogP contribution in [0.3, 0.4) is 0 Å². The van der Waals surface area contributed by atoms with Gasteiger partial charge in [0, 0.05) is 27.9 Å². The van der Waals surface area contributed by atoms with Crippen LogP contribution in [0.25, 0.3) is 10.9 Å². The number of piperidine rings is 1. The van der Waals surface area contributed by atoms with E-state index in [1.54, 1.807) is 11.3 Å². The summed E-state index contributed by atoms with van der Waals surface area (Å²) in [6.45, 7) is 3.63. The largest absolute Gasteiger partial charge is 0.481 e.